The van der Waals surface area contributed by atoms with Gasteiger partial charge in [-0.05, 0) is 67.2 Å². The molecule has 1 N–H and O–H groups in total. The van der Waals surface area contributed by atoms with E-state index in [0.29, 0.717) is 12.1 Å². The minimum Gasteiger partial charge on any atom is -0.348 e. The van der Waals surface area contributed by atoms with Crippen LogP contribution in [-0.4, -0.2) is 28.9 Å². The molecule has 1 amide bonds. The first-order valence-electron chi connectivity index (χ1n) is 8.69. The molecule has 3 rings (SSSR count). The Labute approximate surface area is 143 Å². The molecule has 0 atom stereocenters. The summed E-state index contributed by atoms with van der Waals surface area (Å²) in [7, 11) is 0. The lowest BCUT2D eigenvalue weighted by Crippen LogP contribution is -2.32. The maximum absolute atomic E-state index is 12.2. The summed E-state index contributed by atoms with van der Waals surface area (Å²) in [4.78, 5) is 18.7. The summed E-state index contributed by atoms with van der Waals surface area (Å²) in [5, 5.41) is 2.94. The molecule has 1 aliphatic rings. The summed E-state index contributed by atoms with van der Waals surface area (Å²) >= 11 is 0. The van der Waals surface area contributed by atoms with Crippen LogP contribution in [0.2, 0.25) is 0 Å². The Morgan fingerprint density at radius 3 is 2.42 bits per heavy atom. The fourth-order valence-corrected chi connectivity index (χ4v) is 3.02. The van der Waals surface area contributed by atoms with E-state index >= 15 is 0 Å². The second-order valence-electron chi connectivity index (χ2n) is 6.69. The van der Waals surface area contributed by atoms with Crippen molar-refractivity contribution in [1.29, 1.82) is 0 Å². The Kier molecular flexibility index (Phi) is 5.59. The first kappa shape index (κ1) is 16.7. The van der Waals surface area contributed by atoms with Crippen molar-refractivity contribution < 1.29 is 4.79 Å². The Morgan fingerprint density at radius 2 is 1.75 bits per heavy atom. The molecule has 1 saturated heterocycles. The fraction of sp³-hybridized carbons (Fsp3) is 0.400. The van der Waals surface area contributed by atoms with Crippen LogP contribution in [0.25, 0.3) is 0 Å². The van der Waals surface area contributed by atoms with Crippen molar-refractivity contribution in [3.8, 4) is 0 Å². The minimum atomic E-state index is -0.0369. The molecule has 1 fully saturated rings. The molecule has 0 radical (unpaired) electrons. The SMILES string of the molecule is CC1CCN(Cc2ccc(C(=O)NCc3ccncc3)cc2)CC1. The van der Waals surface area contributed by atoms with Gasteiger partial charge in [-0.2, -0.15) is 0 Å². The molecule has 0 unspecified atom stereocenters. The van der Waals surface area contributed by atoms with Crippen molar-refractivity contribution in [2.24, 2.45) is 5.92 Å². The van der Waals surface area contributed by atoms with Gasteiger partial charge in [0.05, 0.1) is 0 Å². The van der Waals surface area contributed by atoms with Crippen molar-refractivity contribution in [2.75, 3.05) is 13.1 Å². The van der Waals surface area contributed by atoms with Gasteiger partial charge in [-0.3, -0.25) is 14.7 Å². The van der Waals surface area contributed by atoms with Gasteiger partial charge in [0.2, 0.25) is 0 Å². The van der Waals surface area contributed by atoms with Crippen molar-refractivity contribution in [2.45, 2.75) is 32.9 Å². The van der Waals surface area contributed by atoms with Gasteiger partial charge in [-0.25, -0.2) is 0 Å². The molecule has 0 aliphatic carbocycles. The number of hydrogen-bond donors (Lipinski definition) is 1. The highest BCUT2D eigenvalue weighted by molar-refractivity contribution is 5.94. The van der Waals surface area contributed by atoms with Gasteiger partial charge >= 0.3 is 0 Å². The third-order valence-electron chi connectivity index (χ3n) is 4.70. The van der Waals surface area contributed by atoms with Gasteiger partial charge in [0, 0.05) is 31.0 Å². The van der Waals surface area contributed by atoms with E-state index in [-0.39, 0.29) is 5.91 Å². The molecule has 1 aliphatic heterocycles. The first-order chi connectivity index (χ1) is 11.7. The smallest absolute Gasteiger partial charge is 0.251 e. The number of nitrogens with one attached hydrogen (secondary N) is 1. The second kappa shape index (κ2) is 8.06. The maximum Gasteiger partial charge on any atom is 0.251 e. The molecule has 126 valence electrons. The van der Waals surface area contributed by atoms with E-state index < -0.39 is 0 Å². The molecule has 0 saturated carbocycles. The van der Waals surface area contributed by atoms with E-state index in [1.165, 1.54) is 31.5 Å². The summed E-state index contributed by atoms with van der Waals surface area (Å²) in [6.07, 6.45) is 6.04. The highest BCUT2D eigenvalue weighted by atomic mass is 16.1. The number of likely N-dealkylation sites (tertiary alicyclic amines) is 1. The van der Waals surface area contributed by atoms with Crippen LogP contribution in [0.15, 0.2) is 48.8 Å². The van der Waals surface area contributed by atoms with E-state index in [1.807, 2.05) is 24.3 Å². The first-order valence-corrected chi connectivity index (χ1v) is 8.69. The predicted molar refractivity (Wildman–Crippen MR) is 95.5 cm³/mol. The van der Waals surface area contributed by atoms with E-state index in [1.54, 1.807) is 12.4 Å². The third-order valence-corrected chi connectivity index (χ3v) is 4.70. The predicted octanol–water partition coefficient (Wildman–Crippen LogP) is 3.24. The van der Waals surface area contributed by atoms with Crippen LogP contribution in [0.3, 0.4) is 0 Å². The molecule has 0 bridgehead atoms. The monoisotopic (exact) mass is 323 g/mol. The Balaban J connectivity index is 1.51. The number of hydrogen-bond acceptors (Lipinski definition) is 3. The fourth-order valence-electron chi connectivity index (χ4n) is 3.02. The molecular formula is C20H25N3O. The number of carbonyl (C=O) groups excluding carboxylic acids is 1. The van der Waals surface area contributed by atoms with Crippen molar-refractivity contribution >= 4 is 5.91 Å². The summed E-state index contributed by atoms with van der Waals surface area (Å²) < 4.78 is 0. The number of aromatic nitrogens is 1. The van der Waals surface area contributed by atoms with Gasteiger partial charge in [0.25, 0.3) is 5.91 Å². The summed E-state index contributed by atoms with van der Waals surface area (Å²) in [5.41, 5.74) is 3.03. The highest BCUT2D eigenvalue weighted by Crippen LogP contribution is 2.18. The average Bonchev–Trinajstić information content (AvgIpc) is 2.63. The Bertz CT molecular complexity index is 646. The number of rotatable bonds is 5. The number of amides is 1. The summed E-state index contributed by atoms with van der Waals surface area (Å²) in [5.74, 6) is 0.817. The van der Waals surface area contributed by atoms with Crippen molar-refractivity contribution in [3.63, 3.8) is 0 Å². The molecule has 4 nitrogen and oxygen atoms in total. The standard InChI is InChI=1S/C20H25N3O/c1-16-8-12-23(13-9-16)15-18-2-4-19(5-3-18)20(24)22-14-17-6-10-21-11-7-17/h2-7,10-11,16H,8-9,12-15H2,1H3,(H,22,24). The zero-order valence-corrected chi connectivity index (χ0v) is 14.2. The molecule has 1 aromatic heterocycles. The molecule has 0 spiro atoms. The van der Waals surface area contributed by atoms with Crippen LogP contribution in [0.1, 0.15) is 41.3 Å². The van der Waals surface area contributed by atoms with Gasteiger partial charge in [-0.1, -0.05) is 19.1 Å². The normalized spacial score (nSPS) is 16.0. The Morgan fingerprint density at radius 1 is 1.08 bits per heavy atom. The third kappa shape index (κ3) is 4.65. The van der Waals surface area contributed by atoms with Crippen LogP contribution < -0.4 is 5.32 Å². The molecule has 24 heavy (non-hydrogen) atoms. The maximum atomic E-state index is 12.2. The van der Waals surface area contributed by atoms with Gasteiger partial charge in [0.1, 0.15) is 0 Å². The van der Waals surface area contributed by atoms with Crippen LogP contribution >= 0.6 is 0 Å². The lowest BCUT2D eigenvalue weighted by atomic mass is 9.99. The van der Waals surface area contributed by atoms with Gasteiger partial charge in [0.15, 0.2) is 0 Å². The van der Waals surface area contributed by atoms with Gasteiger partial charge in [-0.15, -0.1) is 0 Å². The van der Waals surface area contributed by atoms with Crippen molar-refractivity contribution in [3.05, 3.63) is 65.5 Å². The van der Waals surface area contributed by atoms with E-state index in [0.717, 1.165) is 18.0 Å². The largest absolute Gasteiger partial charge is 0.348 e. The van der Waals surface area contributed by atoms with Crippen LogP contribution in [0.4, 0.5) is 0 Å². The lowest BCUT2D eigenvalue weighted by Gasteiger charge is -2.30. The summed E-state index contributed by atoms with van der Waals surface area (Å²) in [6, 6.07) is 11.8. The number of pyridine rings is 1. The van der Waals surface area contributed by atoms with Crippen molar-refractivity contribution in [1.82, 2.24) is 15.2 Å². The molecular weight excluding hydrogens is 298 g/mol. The molecule has 1 aromatic carbocycles. The zero-order valence-electron chi connectivity index (χ0n) is 14.2. The Hall–Kier alpha value is -2.20. The number of piperidine rings is 1. The second-order valence-corrected chi connectivity index (χ2v) is 6.69. The minimum absolute atomic E-state index is 0.0369. The average molecular weight is 323 g/mol. The zero-order chi connectivity index (χ0) is 16.8. The number of nitrogens with zero attached hydrogens (tertiary/aromatic N) is 2. The van der Waals surface area contributed by atoms with E-state index in [4.69, 9.17) is 0 Å². The van der Waals surface area contributed by atoms with Crippen LogP contribution in [0.5, 0.6) is 0 Å². The van der Waals surface area contributed by atoms with E-state index in [2.05, 4.69) is 34.3 Å². The molecule has 2 heterocycles. The molecule has 4 heteroatoms. The van der Waals surface area contributed by atoms with Crippen LogP contribution in [0, 0.1) is 5.92 Å². The van der Waals surface area contributed by atoms with E-state index in [9.17, 15) is 4.79 Å². The quantitative estimate of drug-likeness (QED) is 0.919. The topological polar surface area (TPSA) is 45.2 Å². The summed E-state index contributed by atoms with van der Waals surface area (Å²) in [6.45, 7) is 6.18. The van der Waals surface area contributed by atoms with Gasteiger partial charge < -0.3 is 5.32 Å². The van der Waals surface area contributed by atoms with Crippen LogP contribution in [-0.2, 0) is 13.1 Å². The molecule has 2 aromatic rings. The lowest BCUT2D eigenvalue weighted by molar-refractivity contribution is 0.0951. The highest BCUT2D eigenvalue weighted by Gasteiger charge is 2.15. The number of carbonyl (C=O) groups is 1. The number of benzene rings is 1.